The summed E-state index contributed by atoms with van der Waals surface area (Å²) in [6, 6.07) is 1.85. The van der Waals surface area contributed by atoms with Gasteiger partial charge in [0.25, 0.3) is 5.91 Å². The van der Waals surface area contributed by atoms with Crippen LogP contribution in [0.3, 0.4) is 0 Å². The zero-order valence-electron chi connectivity index (χ0n) is 15.6. The number of rotatable bonds is 4. The predicted octanol–water partition coefficient (Wildman–Crippen LogP) is 1.52. The fraction of sp³-hybridized carbons (Fsp3) is 0.526. The lowest BCUT2D eigenvalue weighted by atomic mass is 9.85. The van der Waals surface area contributed by atoms with Gasteiger partial charge in [0.2, 0.25) is 5.91 Å². The Kier molecular flexibility index (Phi) is 4.10. The van der Waals surface area contributed by atoms with E-state index in [0.29, 0.717) is 36.2 Å². The number of nitrogens with one attached hydrogen (secondary N) is 1. The SMILES string of the molecule is CC1(C)[C@H](O)CC[C@H]1Nc1c(C(N)=O)cnn2cc(N3CCCC3=O)cc12. The van der Waals surface area contributed by atoms with Gasteiger partial charge in [-0.1, -0.05) is 13.8 Å². The lowest BCUT2D eigenvalue weighted by Crippen LogP contribution is -2.38. The molecule has 2 amide bonds. The van der Waals surface area contributed by atoms with Gasteiger partial charge in [-0.25, -0.2) is 4.52 Å². The number of fused-ring (bicyclic) bond motifs is 1. The molecule has 4 N–H and O–H groups in total. The number of carbonyl (C=O) groups excluding carboxylic acids is 2. The molecule has 3 heterocycles. The largest absolute Gasteiger partial charge is 0.392 e. The number of anilines is 2. The van der Waals surface area contributed by atoms with Crippen molar-refractivity contribution >= 4 is 28.7 Å². The van der Waals surface area contributed by atoms with Gasteiger partial charge in [0, 0.05) is 24.4 Å². The average Bonchev–Trinajstić information content (AvgIpc) is 3.28. The van der Waals surface area contributed by atoms with Crippen LogP contribution in [0.5, 0.6) is 0 Å². The van der Waals surface area contributed by atoms with E-state index in [4.69, 9.17) is 5.73 Å². The first-order valence-corrected chi connectivity index (χ1v) is 9.35. The van der Waals surface area contributed by atoms with E-state index in [9.17, 15) is 14.7 Å². The number of primary amides is 1. The summed E-state index contributed by atoms with van der Waals surface area (Å²) in [6.45, 7) is 4.71. The molecule has 0 unspecified atom stereocenters. The number of aliphatic hydroxyl groups is 1. The third-order valence-electron chi connectivity index (χ3n) is 6.08. The molecular weight excluding hydrogens is 346 g/mol. The molecule has 0 spiro atoms. The van der Waals surface area contributed by atoms with E-state index in [1.165, 1.54) is 6.20 Å². The molecule has 0 aromatic carbocycles. The van der Waals surface area contributed by atoms with Crippen molar-refractivity contribution in [2.24, 2.45) is 11.1 Å². The van der Waals surface area contributed by atoms with Crippen LogP contribution in [0.4, 0.5) is 11.4 Å². The smallest absolute Gasteiger partial charge is 0.252 e. The second-order valence-corrected chi connectivity index (χ2v) is 8.09. The topological polar surface area (TPSA) is 113 Å². The van der Waals surface area contributed by atoms with E-state index >= 15 is 0 Å². The van der Waals surface area contributed by atoms with E-state index in [2.05, 4.69) is 10.4 Å². The fourth-order valence-electron chi connectivity index (χ4n) is 4.18. The van der Waals surface area contributed by atoms with E-state index < -0.39 is 12.0 Å². The van der Waals surface area contributed by atoms with Gasteiger partial charge in [0.05, 0.1) is 41.0 Å². The Balaban J connectivity index is 1.79. The van der Waals surface area contributed by atoms with Crippen LogP contribution in [0.15, 0.2) is 18.5 Å². The summed E-state index contributed by atoms with van der Waals surface area (Å²) in [5.74, 6) is -0.473. The molecule has 144 valence electrons. The summed E-state index contributed by atoms with van der Waals surface area (Å²) in [5, 5.41) is 18.0. The average molecular weight is 371 g/mol. The minimum atomic E-state index is -0.566. The standard InChI is InChI=1S/C19H25N5O3/c1-19(2)14(5-6-15(19)25)22-17-12(18(20)27)9-21-24-10-11(8-13(17)24)23-7-3-4-16(23)26/h8-10,14-15,22,25H,3-7H2,1-2H3,(H2,20,27)/t14-,15-/m1/s1. The monoisotopic (exact) mass is 371 g/mol. The number of nitrogens with two attached hydrogens (primary N) is 1. The third-order valence-corrected chi connectivity index (χ3v) is 6.08. The molecule has 2 aliphatic rings. The second kappa shape index (κ2) is 6.23. The Labute approximate surface area is 157 Å². The zero-order chi connectivity index (χ0) is 19.3. The highest BCUT2D eigenvalue weighted by molar-refractivity contribution is 6.03. The first-order valence-electron chi connectivity index (χ1n) is 9.35. The van der Waals surface area contributed by atoms with Crippen LogP contribution in [-0.4, -0.2) is 45.2 Å². The number of carbonyl (C=O) groups is 2. The maximum absolute atomic E-state index is 12.1. The lowest BCUT2D eigenvalue weighted by Gasteiger charge is -2.32. The first kappa shape index (κ1) is 17.8. The Morgan fingerprint density at radius 3 is 2.78 bits per heavy atom. The molecule has 2 atom stereocenters. The second-order valence-electron chi connectivity index (χ2n) is 8.09. The van der Waals surface area contributed by atoms with Gasteiger partial charge in [0.1, 0.15) is 0 Å². The first-order chi connectivity index (χ1) is 12.8. The maximum atomic E-state index is 12.1. The van der Waals surface area contributed by atoms with Crippen molar-refractivity contribution in [3.05, 3.63) is 24.0 Å². The van der Waals surface area contributed by atoms with Crippen molar-refractivity contribution in [2.75, 3.05) is 16.8 Å². The maximum Gasteiger partial charge on any atom is 0.252 e. The predicted molar refractivity (Wildman–Crippen MR) is 102 cm³/mol. The van der Waals surface area contributed by atoms with Crippen molar-refractivity contribution in [1.29, 1.82) is 0 Å². The van der Waals surface area contributed by atoms with E-state index in [-0.39, 0.29) is 17.4 Å². The quantitative estimate of drug-likeness (QED) is 0.754. The van der Waals surface area contributed by atoms with Crippen LogP contribution in [0.1, 0.15) is 49.9 Å². The summed E-state index contributed by atoms with van der Waals surface area (Å²) >= 11 is 0. The van der Waals surface area contributed by atoms with Crippen molar-refractivity contribution < 1.29 is 14.7 Å². The minimum absolute atomic E-state index is 0.0106. The van der Waals surface area contributed by atoms with Gasteiger partial charge in [-0.2, -0.15) is 5.10 Å². The molecule has 2 aromatic rings. The number of aliphatic hydroxyl groups excluding tert-OH is 1. The summed E-state index contributed by atoms with van der Waals surface area (Å²) in [4.78, 5) is 25.8. The highest BCUT2D eigenvalue weighted by atomic mass is 16.3. The minimum Gasteiger partial charge on any atom is -0.392 e. The van der Waals surface area contributed by atoms with Crippen molar-refractivity contribution in [1.82, 2.24) is 9.61 Å². The molecule has 1 saturated heterocycles. The van der Waals surface area contributed by atoms with Gasteiger partial charge >= 0.3 is 0 Å². The number of nitrogens with zero attached hydrogens (tertiary/aromatic N) is 3. The summed E-state index contributed by atoms with van der Waals surface area (Å²) < 4.78 is 1.66. The van der Waals surface area contributed by atoms with Crippen LogP contribution < -0.4 is 16.0 Å². The highest BCUT2D eigenvalue weighted by Gasteiger charge is 2.42. The van der Waals surface area contributed by atoms with Crippen molar-refractivity contribution in [3.8, 4) is 0 Å². The van der Waals surface area contributed by atoms with Crippen molar-refractivity contribution in [3.63, 3.8) is 0 Å². The molecule has 1 saturated carbocycles. The molecule has 27 heavy (non-hydrogen) atoms. The number of aromatic nitrogens is 2. The molecule has 2 aromatic heterocycles. The van der Waals surface area contributed by atoms with Crippen LogP contribution in [0.25, 0.3) is 5.52 Å². The molecular formula is C19H25N5O3. The van der Waals surface area contributed by atoms with Crippen LogP contribution in [0, 0.1) is 5.41 Å². The zero-order valence-corrected chi connectivity index (χ0v) is 15.6. The van der Waals surface area contributed by atoms with Gasteiger partial charge in [-0.15, -0.1) is 0 Å². The molecule has 4 rings (SSSR count). The lowest BCUT2D eigenvalue weighted by molar-refractivity contribution is -0.117. The normalized spacial score (nSPS) is 24.7. The summed E-state index contributed by atoms with van der Waals surface area (Å²) in [5.41, 5.74) is 7.61. The van der Waals surface area contributed by atoms with Gasteiger partial charge in [-0.3, -0.25) is 9.59 Å². The van der Waals surface area contributed by atoms with Gasteiger partial charge in [-0.05, 0) is 25.3 Å². The van der Waals surface area contributed by atoms with E-state index in [1.54, 1.807) is 15.6 Å². The Morgan fingerprint density at radius 1 is 1.41 bits per heavy atom. The summed E-state index contributed by atoms with van der Waals surface area (Å²) in [7, 11) is 0. The number of amides is 2. The molecule has 1 aliphatic heterocycles. The Bertz CT molecular complexity index is 919. The molecule has 0 radical (unpaired) electrons. The summed E-state index contributed by atoms with van der Waals surface area (Å²) in [6.07, 6.45) is 5.71. The van der Waals surface area contributed by atoms with Gasteiger partial charge < -0.3 is 21.1 Å². The molecule has 8 heteroatoms. The van der Waals surface area contributed by atoms with E-state index in [0.717, 1.165) is 18.5 Å². The van der Waals surface area contributed by atoms with Crippen LogP contribution >= 0.6 is 0 Å². The fourth-order valence-corrected chi connectivity index (χ4v) is 4.18. The Hall–Kier alpha value is -2.61. The van der Waals surface area contributed by atoms with Gasteiger partial charge in [0.15, 0.2) is 0 Å². The number of hydrogen-bond donors (Lipinski definition) is 3. The third kappa shape index (κ3) is 2.84. The van der Waals surface area contributed by atoms with Crippen LogP contribution in [0.2, 0.25) is 0 Å². The van der Waals surface area contributed by atoms with Crippen molar-refractivity contribution in [2.45, 2.75) is 51.7 Å². The number of hydrogen-bond acceptors (Lipinski definition) is 5. The van der Waals surface area contributed by atoms with E-state index in [1.807, 2.05) is 19.9 Å². The molecule has 1 aliphatic carbocycles. The molecule has 8 nitrogen and oxygen atoms in total. The molecule has 2 fully saturated rings. The Morgan fingerprint density at radius 2 is 2.19 bits per heavy atom. The highest BCUT2D eigenvalue weighted by Crippen LogP contribution is 2.41. The van der Waals surface area contributed by atoms with Crippen LogP contribution in [-0.2, 0) is 4.79 Å². The molecule has 0 bridgehead atoms.